The first-order valence-electron chi connectivity index (χ1n) is 12.1. The molecule has 4 nitrogen and oxygen atoms in total. The number of aromatic nitrogens is 1. The van der Waals surface area contributed by atoms with E-state index in [-0.39, 0.29) is 12.0 Å². The van der Waals surface area contributed by atoms with E-state index < -0.39 is 23.3 Å². The molecule has 0 aliphatic heterocycles. The summed E-state index contributed by atoms with van der Waals surface area (Å²) < 4.78 is 41.3. The zero-order chi connectivity index (χ0) is 26.6. The molecule has 2 amide bonds. The standard InChI is InChI=1S/C31H24F3N3O/c32-31(33,34)25-15-9-14-24(20-25)30(28-18-6-7-19-35-28,21-22-10-2-1-3-11-22)37-29(38)36-27-17-8-13-23-12-4-5-16-26(23)27/h1-20H,21H2,(H2,36,37,38). The fourth-order valence-electron chi connectivity index (χ4n) is 4.68. The van der Waals surface area contributed by atoms with Crippen LogP contribution in [0.1, 0.15) is 22.4 Å². The molecule has 1 unspecified atom stereocenters. The molecule has 0 radical (unpaired) electrons. The van der Waals surface area contributed by atoms with E-state index in [1.807, 2.05) is 66.7 Å². The molecule has 4 aromatic carbocycles. The van der Waals surface area contributed by atoms with Crippen molar-refractivity contribution in [3.8, 4) is 0 Å². The minimum Gasteiger partial charge on any atom is -0.322 e. The Morgan fingerprint density at radius 1 is 0.737 bits per heavy atom. The van der Waals surface area contributed by atoms with Crippen molar-refractivity contribution >= 4 is 22.5 Å². The van der Waals surface area contributed by atoms with E-state index in [1.54, 1.807) is 36.5 Å². The number of alkyl halides is 3. The molecule has 7 heteroatoms. The summed E-state index contributed by atoms with van der Waals surface area (Å²) in [5.41, 5.74) is -0.127. The van der Waals surface area contributed by atoms with Crippen molar-refractivity contribution in [2.24, 2.45) is 0 Å². The smallest absolute Gasteiger partial charge is 0.322 e. The van der Waals surface area contributed by atoms with E-state index in [1.165, 1.54) is 6.07 Å². The number of anilines is 1. The first kappa shape index (κ1) is 25.0. The molecule has 0 saturated heterocycles. The Balaban J connectivity index is 1.63. The highest BCUT2D eigenvalue weighted by molar-refractivity contribution is 6.01. The lowest BCUT2D eigenvalue weighted by atomic mass is 9.80. The molecule has 5 aromatic rings. The van der Waals surface area contributed by atoms with Crippen molar-refractivity contribution in [2.75, 3.05) is 5.32 Å². The number of nitrogens with zero attached hydrogens (tertiary/aromatic N) is 1. The average Bonchev–Trinajstić information content (AvgIpc) is 2.93. The van der Waals surface area contributed by atoms with Crippen LogP contribution in [0.5, 0.6) is 0 Å². The van der Waals surface area contributed by atoms with E-state index in [9.17, 15) is 18.0 Å². The minimum absolute atomic E-state index is 0.176. The molecule has 5 rings (SSSR count). The van der Waals surface area contributed by atoms with Gasteiger partial charge >= 0.3 is 12.2 Å². The van der Waals surface area contributed by atoms with Crippen molar-refractivity contribution in [1.82, 2.24) is 10.3 Å². The molecule has 0 saturated carbocycles. The summed E-state index contributed by atoms with van der Waals surface area (Å²) in [5, 5.41) is 7.72. The maximum Gasteiger partial charge on any atom is 0.416 e. The summed E-state index contributed by atoms with van der Waals surface area (Å²) in [6.45, 7) is 0. The Hall–Kier alpha value is -4.65. The maximum absolute atomic E-state index is 13.8. The van der Waals surface area contributed by atoms with Crippen molar-refractivity contribution in [2.45, 2.75) is 18.1 Å². The van der Waals surface area contributed by atoms with Crippen LogP contribution in [0.15, 0.2) is 121 Å². The summed E-state index contributed by atoms with van der Waals surface area (Å²) in [6.07, 6.45) is -2.81. The number of pyridine rings is 1. The van der Waals surface area contributed by atoms with Crippen LogP contribution in [0.3, 0.4) is 0 Å². The highest BCUT2D eigenvalue weighted by Gasteiger charge is 2.40. The number of benzene rings is 4. The van der Waals surface area contributed by atoms with E-state index in [0.29, 0.717) is 11.4 Å². The van der Waals surface area contributed by atoms with Gasteiger partial charge in [0.1, 0.15) is 5.54 Å². The van der Waals surface area contributed by atoms with Gasteiger partial charge < -0.3 is 10.6 Å². The maximum atomic E-state index is 13.8. The first-order valence-corrected chi connectivity index (χ1v) is 12.1. The van der Waals surface area contributed by atoms with Crippen molar-refractivity contribution in [3.05, 3.63) is 144 Å². The second kappa shape index (κ2) is 10.4. The fourth-order valence-corrected chi connectivity index (χ4v) is 4.68. The van der Waals surface area contributed by atoms with Gasteiger partial charge in [0.25, 0.3) is 0 Å². The van der Waals surface area contributed by atoms with Gasteiger partial charge in [0.05, 0.1) is 16.9 Å². The summed E-state index contributed by atoms with van der Waals surface area (Å²) in [5.74, 6) is 0. The van der Waals surface area contributed by atoms with E-state index in [2.05, 4.69) is 15.6 Å². The number of halogens is 3. The molecule has 1 atom stereocenters. The van der Waals surface area contributed by atoms with Crippen LogP contribution in [0.2, 0.25) is 0 Å². The van der Waals surface area contributed by atoms with Crippen molar-refractivity contribution in [3.63, 3.8) is 0 Å². The molecular weight excluding hydrogens is 487 g/mol. The molecule has 1 aromatic heterocycles. The van der Waals surface area contributed by atoms with Gasteiger partial charge in [-0.05, 0) is 46.8 Å². The lowest BCUT2D eigenvalue weighted by Crippen LogP contribution is -2.50. The zero-order valence-corrected chi connectivity index (χ0v) is 20.2. The molecule has 0 bridgehead atoms. The van der Waals surface area contributed by atoms with Crippen LogP contribution in [-0.4, -0.2) is 11.0 Å². The SMILES string of the molecule is O=C(Nc1cccc2ccccc12)NC(Cc1ccccc1)(c1cccc(C(F)(F)F)c1)c1ccccn1. The first-order chi connectivity index (χ1) is 18.3. The molecule has 2 N–H and O–H groups in total. The predicted molar refractivity (Wildman–Crippen MR) is 143 cm³/mol. The Morgan fingerprint density at radius 3 is 2.18 bits per heavy atom. The van der Waals surface area contributed by atoms with Crippen LogP contribution in [0, 0.1) is 0 Å². The Labute approximate surface area is 218 Å². The molecule has 0 spiro atoms. The summed E-state index contributed by atoms with van der Waals surface area (Å²) in [6, 6.07) is 32.1. The second-order valence-corrected chi connectivity index (χ2v) is 8.97. The number of nitrogens with one attached hydrogen (secondary N) is 2. The van der Waals surface area contributed by atoms with Gasteiger partial charge in [-0.3, -0.25) is 4.98 Å². The molecule has 0 aliphatic rings. The zero-order valence-electron chi connectivity index (χ0n) is 20.2. The molecule has 38 heavy (non-hydrogen) atoms. The van der Waals surface area contributed by atoms with Gasteiger partial charge in [-0.1, -0.05) is 84.9 Å². The number of carbonyl (C=O) groups excluding carboxylic acids is 1. The topological polar surface area (TPSA) is 54.0 Å². The predicted octanol–water partition coefficient (Wildman–Crippen LogP) is 7.56. The van der Waals surface area contributed by atoms with Crippen LogP contribution >= 0.6 is 0 Å². The molecule has 1 heterocycles. The van der Waals surface area contributed by atoms with E-state index in [0.717, 1.165) is 28.5 Å². The molecule has 0 aliphatic carbocycles. The van der Waals surface area contributed by atoms with E-state index >= 15 is 0 Å². The van der Waals surface area contributed by atoms with Gasteiger partial charge in [0, 0.05) is 18.0 Å². The van der Waals surface area contributed by atoms with Gasteiger partial charge in [-0.2, -0.15) is 13.2 Å². The number of hydrogen-bond donors (Lipinski definition) is 2. The summed E-state index contributed by atoms with van der Waals surface area (Å²) >= 11 is 0. The van der Waals surface area contributed by atoms with Gasteiger partial charge in [0.2, 0.25) is 0 Å². The monoisotopic (exact) mass is 511 g/mol. The Morgan fingerprint density at radius 2 is 1.42 bits per heavy atom. The van der Waals surface area contributed by atoms with Crippen LogP contribution in [-0.2, 0) is 18.1 Å². The Bertz CT molecular complexity index is 1550. The van der Waals surface area contributed by atoms with Gasteiger partial charge in [-0.15, -0.1) is 0 Å². The third kappa shape index (κ3) is 5.22. The fraction of sp³-hybridized carbons (Fsp3) is 0.0968. The number of carbonyl (C=O) groups is 1. The quantitative estimate of drug-likeness (QED) is 0.247. The van der Waals surface area contributed by atoms with Crippen molar-refractivity contribution < 1.29 is 18.0 Å². The Kier molecular flexibility index (Phi) is 6.83. The van der Waals surface area contributed by atoms with E-state index in [4.69, 9.17) is 0 Å². The third-order valence-corrected chi connectivity index (χ3v) is 6.46. The third-order valence-electron chi connectivity index (χ3n) is 6.46. The normalized spacial score (nSPS) is 13.0. The van der Waals surface area contributed by atoms with Gasteiger partial charge in [0.15, 0.2) is 0 Å². The van der Waals surface area contributed by atoms with Crippen molar-refractivity contribution in [1.29, 1.82) is 0 Å². The lowest BCUT2D eigenvalue weighted by molar-refractivity contribution is -0.137. The second-order valence-electron chi connectivity index (χ2n) is 8.97. The highest BCUT2D eigenvalue weighted by atomic mass is 19.4. The van der Waals surface area contributed by atoms with Crippen LogP contribution < -0.4 is 10.6 Å². The number of rotatable bonds is 6. The molecular formula is C31H24F3N3O. The lowest BCUT2D eigenvalue weighted by Gasteiger charge is -2.36. The summed E-state index contributed by atoms with van der Waals surface area (Å²) in [7, 11) is 0. The molecule has 190 valence electrons. The number of amides is 2. The minimum atomic E-state index is -4.55. The van der Waals surface area contributed by atoms with Gasteiger partial charge in [-0.25, -0.2) is 4.79 Å². The number of urea groups is 1. The summed E-state index contributed by atoms with van der Waals surface area (Å²) in [4.78, 5) is 18.1. The average molecular weight is 512 g/mol. The highest BCUT2D eigenvalue weighted by Crippen LogP contribution is 2.37. The largest absolute Gasteiger partial charge is 0.416 e. The number of hydrogen-bond acceptors (Lipinski definition) is 2. The van der Waals surface area contributed by atoms with Crippen LogP contribution in [0.4, 0.5) is 23.7 Å². The number of fused-ring (bicyclic) bond motifs is 1. The van der Waals surface area contributed by atoms with Crippen LogP contribution in [0.25, 0.3) is 10.8 Å². The molecule has 0 fully saturated rings.